The number of carbonyl (C=O) groups excluding carboxylic acids is 1. The molecule has 0 saturated carbocycles. The second-order valence-corrected chi connectivity index (χ2v) is 3.18. The van der Waals surface area contributed by atoms with Gasteiger partial charge in [-0.1, -0.05) is 0 Å². The molecule has 0 radical (unpaired) electrons. The number of alkyl halides is 2. The summed E-state index contributed by atoms with van der Waals surface area (Å²) in [6.45, 7) is 0. The normalized spacial score (nSPS) is 10.5. The lowest BCUT2D eigenvalue weighted by Crippen LogP contribution is -2.00. The van der Waals surface area contributed by atoms with Gasteiger partial charge in [0.1, 0.15) is 9.39 Å². The van der Waals surface area contributed by atoms with Gasteiger partial charge < -0.3 is 0 Å². The van der Waals surface area contributed by atoms with E-state index in [2.05, 4.69) is 4.98 Å². The standard InChI is InChI=1S/C7H3F3INO/c8-5-4(6(9)10)1-3(2-13)12-7(5)11/h1-2,6H. The first-order valence-electron chi connectivity index (χ1n) is 3.15. The van der Waals surface area contributed by atoms with Gasteiger partial charge in [-0.3, -0.25) is 4.79 Å². The zero-order valence-corrected chi connectivity index (χ0v) is 8.26. The molecule has 0 aromatic carbocycles. The first-order chi connectivity index (χ1) is 6.06. The number of rotatable bonds is 2. The highest BCUT2D eigenvalue weighted by atomic mass is 127. The lowest BCUT2D eigenvalue weighted by molar-refractivity contribution is 0.111. The lowest BCUT2D eigenvalue weighted by Gasteiger charge is -2.03. The Balaban J connectivity index is 3.32. The van der Waals surface area contributed by atoms with E-state index in [1.165, 1.54) is 22.6 Å². The van der Waals surface area contributed by atoms with Crippen LogP contribution in [0.2, 0.25) is 0 Å². The maximum atomic E-state index is 12.9. The summed E-state index contributed by atoms with van der Waals surface area (Å²) >= 11 is 1.45. The Bertz CT molecular complexity index is 343. The van der Waals surface area contributed by atoms with Crippen LogP contribution in [0.25, 0.3) is 0 Å². The molecule has 0 saturated heterocycles. The Labute approximate surface area is 85.3 Å². The van der Waals surface area contributed by atoms with Gasteiger partial charge in [-0.15, -0.1) is 0 Å². The van der Waals surface area contributed by atoms with E-state index >= 15 is 0 Å². The van der Waals surface area contributed by atoms with E-state index in [0.717, 1.165) is 6.07 Å². The van der Waals surface area contributed by atoms with Crippen molar-refractivity contribution in [3.05, 3.63) is 26.8 Å². The van der Waals surface area contributed by atoms with Gasteiger partial charge in [-0.2, -0.15) is 0 Å². The molecule has 0 aliphatic carbocycles. The Hall–Kier alpha value is -0.660. The second kappa shape index (κ2) is 4.03. The molecular weight excluding hydrogens is 298 g/mol. The fourth-order valence-corrected chi connectivity index (χ4v) is 1.35. The summed E-state index contributed by atoms with van der Waals surface area (Å²) in [5.41, 5.74) is -0.984. The van der Waals surface area contributed by atoms with E-state index in [4.69, 9.17) is 0 Å². The number of pyridine rings is 1. The van der Waals surface area contributed by atoms with Crippen molar-refractivity contribution in [3.63, 3.8) is 0 Å². The quantitative estimate of drug-likeness (QED) is 0.477. The van der Waals surface area contributed by atoms with E-state index < -0.39 is 17.8 Å². The van der Waals surface area contributed by atoms with Gasteiger partial charge in [-0.25, -0.2) is 18.2 Å². The molecule has 1 heterocycles. The van der Waals surface area contributed by atoms with Crippen LogP contribution in [-0.2, 0) is 0 Å². The Morgan fingerprint density at radius 1 is 1.54 bits per heavy atom. The van der Waals surface area contributed by atoms with Gasteiger partial charge in [0, 0.05) is 0 Å². The minimum Gasteiger partial charge on any atom is -0.296 e. The van der Waals surface area contributed by atoms with Crippen LogP contribution in [0.15, 0.2) is 6.07 Å². The van der Waals surface area contributed by atoms with Gasteiger partial charge in [0.25, 0.3) is 6.43 Å². The van der Waals surface area contributed by atoms with Crippen LogP contribution in [0.1, 0.15) is 22.5 Å². The van der Waals surface area contributed by atoms with Crippen LogP contribution in [0.4, 0.5) is 13.2 Å². The molecule has 6 heteroatoms. The summed E-state index contributed by atoms with van der Waals surface area (Å²) in [5.74, 6) is -1.07. The average Bonchev–Trinajstić information content (AvgIpc) is 2.09. The van der Waals surface area contributed by atoms with Crippen molar-refractivity contribution in [2.24, 2.45) is 0 Å². The lowest BCUT2D eigenvalue weighted by atomic mass is 10.2. The zero-order valence-electron chi connectivity index (χ0n) is 6.10. The average molecular weight is 301 g/mol. The van der Waals surface area contributed by atoms with Gasteiger partial charge >= 0.3 is 0 Å². The Morgan fingerprint density at radius 3 is 2.62 bits per heavy atom. The van der Waals surface area contributed by atoms with E-state index in [-0.39, 0.29) is 9.39 Å². The van der Waals surface area contributed by atoms with Gasteiger partial charge in [0.2, 0.25) is 0 Å². The molecule has 70 valence electrons. The van der Waals surface area contributed by atoms with Crippen molar-refractivity contribution in [3.8, 4) is 0 Å². The van der Waals surface area contributed by atoms with Gasteiger partial charge in [0.05, 0.1) is 5.56 Å². The summed E-state index contributed by atoms with van der Waals surface area (Å²) in [5, 5.41) is 0. The molecule has 13 heavy (non-hydrogen) atoms. The van der Waals surface area contributed by atoms with Crippen molar-refractivity contribution in [2.45, 2.75) is 6.43 Å². The smallest absolute Gasteiger partial charge is 0.266 e. The molecule has 0 aliphatic heterocycles. The molecule has 2 nitrogen and oxygen atoms in total. The van der Waals surface area contributed by atoms with E-state index in [0.29, 0.717) is 6.29 Å². The SMILES string of the molecule is O=Cc1cc(C(F)F)c(F)c(I)n1. The van der Waals surface area contributed by atoms with Crippen LogP contribution in [0.3, 0.4) is 0 Å². The molecule has 0 spiro atoms. The summed E-state index contributed by atoms with van der Waals surface area (Å²) < 4.78 is 37.0. The molecule has 1 rings (SSSR count). The van der Waals surface area contributed by atoms with Crippen molar-refractivity contribution >= 4 is 28.9 Å². The number of hydrogen-bond donors (Lipinski definition) is 0. The molecule has 0 aliphatic rings. The largest absolute Gasteiger partial charge is 0.296 e. The third-order valence-electron chi connectivity index (χ3n) is 1.32. The molecule has 1 aromatic rings. The minimum absolute atomic E-state index is 0.193. The first kappa shape index (κ1) is 10.4. The summed E-state index contributed by atoms with van der Waals surface area (Å²) in [7, 11) is 0. The number of hydrogen-bond acceptors (Lipinski definition) is 2. The monoisotopic (exact) mass is 301 g/mol. The number of carbonyl (C=O) groups is 1. The van der Waals surface area contributed by atoms with Crippen molar-refractivity contribution in [1.82, 2.24) is 4.98 Å². The molecule has 0 bridgehead atoms. The van der Waals surface area contributed by atoms with Gasteiger partial charge in [0.15, 0.2) is 12.1 Å². The predicted octanol–water partition coefficient (Wildman–Crippen LogP) is 2.58. The van der Waals surface area contributed by atoms with E-state index in [1.807, 2.05) is 0 Å². The van der Waals surface area contributed by atoms with Crippen LogP contribution in [-0.4, -0.2) is 11.3 Å². The van der Waals surface area contributed by atoms with Crippen LogP contribution < -0.4 is 0 Å². The second-order valence-electron chi connectivity index (χ2n) is 2.16. The van der Waals surface area contributed by atoms with Gasteiger partial charge in [-0.05, 0) is 28.7 Å². The van der Waals surface area contributed by atoms with Crippen molar-refractivity contribution in [2.75, 3.05) is 0 Å². The maximum absolute atomic E-state index is 12.9. The topological polar surface area (TPSA) is 30.0 Å². The van der Waals surface area contributed by atoms with E-state index in [9.17, 15) is 18.0 Å². The summed E-state index contributed by atoms with van der Waals surface area (Å²) in [4.78, 5) is 13.7. The van der Waals surface area contributed by atoms with E-state index in [1.54, 1.807) is 0 Å². The highest BCUT2D eigenvalue weighted by Crippen LogP contribution is 2.24. The highest BCUT2D eigenvalue weighted by molar-refractivity contribution is 14.1. The maximum Gasteiger partial charge on any atom is 0.266 e. The molecular formula is C7H3F3INO. The Kier molecular flexibility index (Phi) is 3.23. The molecule has 0 N–H and O–H groups in total. The number of aldehydes is 1. The predicted molar refractivity (Wildman–Crippen MR) is 47.3 cm³/mol. The molecule has 0 atom stereocenters. The Morgan fingerprint density at radius 2 is 2.15 bits per heavy atom. The number of halogens is 4. The molecule has 0 fully saturated rings. The summed E-state index contributed by atoms with van der Waals surface area (Å²) in [6.07, 6.45) is -2.64. The fourth-order valence-electron chi connectivity index (χ4n) is 0.756. The first-order valence-corrected chi connectivity index (χ1v) is 4.23. The van der Waals surface area contributed by atoms with Crippen molar-refractivity contribution in [1.29, 1.82) is 0 Å². The highest BCUT2D eigenvalue weighted by Gasteiger charge is 2.17. The minimum atomic E-state index is -2.93. The fraction of sp³-hybridized carbons (Fsp3) is 0.143. The third-order valence-corrected chi connectivity index (χ3v) is 2.04. The van der Waals surface area contributed by atoms with Crippen molar-refractivity contribution < 1.29 is 18.0 Å². The number of aromatic nitrogens is 1. The zero-order chi connectivity index (χ0) is 10.0. The molecule has 0 amide bonds. The van der Waals surface area contributed by atoms with Crippen LogP contribution in [0.5, 0.6) is 0 Å². The third kappa shape index (κ3) is 2.17. The summed E-state index contributed by atoms with van der Waals surface area (Å²) in [6, 6.07) is 0.745. The van der Waals surface area contributed by atoms with Crippen LogP contribution >= 0.6 is 22.6 Å². The van der Waals surface area contributed by atoms with Crippen LogP contribution in [0, 0.1) is 9.52 Å². The molecule has 0 unspecified atom stereocenters. The molecule has 1 aromatic heterocycles. The number of nitrogens with zero attached hydrogens (tertiary/aromatic N) is 1.